The summed E-state index contributed by atoms with van der Waals surface area (Å²) in [7, 11) is 0. The van der Waals surface area contributed by atoms with E-state index in [1.807, 2.05) is 6.92 Å². The standard InChI is InChI=1S/C23H25FN2O3S/c1-2-28-22(27)23(8-10-26(11-9-23)16-20-7-4-12-30-20)15-19-14-21(25-29-19)17-5-3-6-18(24)13-17/h3-7,12-14H,2,8-11,15-16H2,1H3. The first-order valence-electron chi connectivity index (χ1n) is 10.2. The van der Waals surface area contributed by atoms with Crippen molar-refractivity contribution in [3.05, 3.63) is 64.3 Å². The summed E-state index contributed by atoms with van der Waals surface area (Å²) in [4.78, 5) is 16.6. The Morgan fingerprint density at radius 3 is 2.80 bits per heavy atom. The molecule has 0 spiro atoms. The van der Waals surface area contributed by atoms with Gasteiger partial charge in [0.15, 0.2) is 0 Å². The van der Waals surface area contributed by atoms with Crippen molar-refractivity contribution in [2.24, 2.45) is 5.41 Å². The van der Waals surface area contributed by atoms with Gasteiger partial charge in [0, 0.05) is 29.5 Å². The van der Waals surface area contributed by atoms with Gasteiger partial charge in [-0.15, -0.1) is 11.3 Å². The van der Waals surface area contributed by atoms with Gasteiger partial charge in [-0.25, -0.2) is 4.39 Å². The molecule has 0 bridgehead atoms. The molecule has 0 N–H and O–H groups in total. The van der Waals surface area contributed by atoms with E-state index in [0.29, 0.717) is 42.9 Å². The SMILES string of the molecule is CCOC(=O)C1(Cc2cc(-c3cccc(F)c3)no2)CCN(Cc2cccs2)CC1. The summed E-state index contributed by atoms with van der Waals surface area (Å²) >= 11 is 1.75. The fraction of sp³-hybridized carbons (Fsp3) is 0.391. The Morgan fingerprint density at radius 1 is 1.27 bits per heavy atom. The number of esters is 1. The lowest BCUT2D eigenvalue weighted by molar-refractivity contribution is -0.159. The Hall–Kier alpha value is -2.51. The van der Waals surface area contributed by atoms with E-state index in [1.54, 1.807) is 29.5 Å². The van der Waals surface area contributed by atoms with Crippen molar-refractivity contribution in [2.75, 3.05) is 19.7 Å². The van der Waals surface area contributed by atoms with E-state index < -0.39 is 5.41 Å². The average Bonchev–Trinajstić information content (AvgIpc) is 3.42. The Balaban J connectivity index is 1.49. The Labute approximate surface area is 179 Å². The third-order valence-electron chi connectivity index (χ3n) is 5.67. The third-order valence-corrected chi connectivity index (χ3v) is 6.53. The van der Waals surface area contributed by atoms with Crippen LogP contribution in [-0.4, -0.2) is 35.7 Å². The smallest absolute Gasteiger partial charge is 0.312 e. The highest BCUT2D eigenvalue weighted by molar-refractivity contribution is 7.09. The van der Waals surface area contributed by atoms with Crippen LogP contribution in [0.25, 0.3) is 11.3 Å². The molecular weight excluding hydrogens is 403 g/mol. The van der Waals surface area contributed by atoms with Gasteiger partial charge in [-0.1, -0.05) is 23.4 Å². The molecule has 0 amide bonds. The molecule has 0 atom stereocenters. The molecule has 0 unspecified atom stereocenters. The van der Waals surface area contributed by atoms with Gasteiger partial charge < -0.3 is 9.26 Å². The first-order chi connectivity index (χ1) is 14.6. The topological polar surface area (TPSA) is 55.6 Å². The minimum atomic E-state index is -0.624. The largest absolute Gasteiger partial charge is 0.466 e. The van der Waals surface area contributed by atoms with Crippen LogP contribution in [0.15, 0.2) is 52.4 Å². The molecule has 0 saturated carbocycles. The van der Waals surface area contributed by atoms with Crippen LogP contribution >= 0.6 is 11.3 Å². The van der Waals surface area contributed by atoms with Crippen molar-refractivity contribution < 1.29 is 18.4 Å². The van der Waals surface area contributed by atoms with E-state index in [2.05, 4.69) is 27.6 Å². The van der Waals surface area contributed by atoms with Gasteiger partial charge in [0.25, 0.3) is 0 Å². The number of thiophene rings is 1. The molecular formula is C23H25FN2O3S. The second-order valence-electron chi connectivity index (χ2n) is 7.72. The van der Waals surface area contributed by atoms with Crippen molar-refractivity contribution in [3.63, 3.8) is 0 Å². The van der Waals surface area contributed by atoms with Crippen LogP contribution in [0.1, 0.15) is 30.4 Å². The fourth-order valence-corrected chi connectivity index (χ4v) is 4.76. The molecule has 0 radical (unpaired) electrons. The average molecular weight is 429 g/mol. The van der Waals surface area contributed by atoms with Gasteiger partial charge >= 0.3 is 5.97 Å². The quantitative estimate of drug-likeness (QED) is 0.500. The maximum atomic E-state index is 13.5. The number of ether oxygens (including phenoxy) is 1. The highest BCUT2D eigenvalue weighted by Crippen LogP contribution is 2.38. The lowest BCUT2D eigenvalue weighted by Gasteiger charge is -2.39. The molecule has 158 valence electrons. The first kappa shape index (κ1) is 20.8. The monoisotopic (exact) mass is 428 g/mol. The van der Waals surface area contributed by atoms with E-state index in [-0.39, 0.29) is 11.8 Å². The molecule has 3 heterocycles. The predicted octanol–water partition coefficient (Wildman–Crippen LogP) is 4.93. The maximum Gasteiger partial charge on any atom is 0.312 e. The van der Waals surface area contributed by atoms with Crippen molar-refractivity contribution in [2.45, 2.75) is 32.7 Å². The number of nitrogens with zero attached hydrogens (tertiary/aromatic N) is 2. The number of rotatable bonds is 7. The van der Waals surface area contributed by atoms with E-state index in [0.717, 1.165) is 19.6 Å². The van der Waals surface area contributed by atoms with Crippen molar-refractivity contribution in [1.29, 1.82) is 0 Å². The minimum absolute atomic E-state index is 0.176. The van der Waals surface area contributed by atoms with Crippen LogP contribution < -0.4 is 0 Å². The van der Waals surface area contributed by atoms with Crippen molar-refractivity contribution in [3.8, 4) is 11.3 Å². The van der Waals surface area contributed by atoms with E-state index in [1.165, 1.54) is 17.0 Å². The molecule has 4 rings (SSSR count). The molecule has 3 aromatic rings. The summed E-state index contributed by atoms with van der Waals surface area (Å²) in [6.07, 6.45) is 1.83. The zero-order valence-electron chi connectivity index (χ0n) is 17.0. The summed E-state index contributed by atoms with van der Waals surface area (Å²) in [6, 6.07) is 12.2. The summed E-state index contributed by atoms with van der Waals surface area (Å²) in [5.74, 6) is 0.122. The van der Waals surface area contributed by atoms with E-state index in [9.17, 15) is 9.18 Å². The summed E-state index contributed by atoms with van der Waals surface area (Å²) in [6.45, 7) is 4.73. The predicted molar refractivity (Wildman–Crippen MR) is 113 cm³/mol. The number of carbonyl (C=O) groups excluding carboxylic acids is 1. The Bertz CT molecular complexity index is 978. The number of hydrogen-bond acceptors (Lipinski definition) is 6. The number of hydrogen-bond donors (Lipinski definition) is 0. The number of piperidine rings is 1. The summed E-state index contributed by atoms with van der Waals surface area (Å²) < 4.78 is 24.5. The number of aromatic nitrogens is 1. The molecule has 1 aliphatic rings. The Kier molecular flexibility index (Phi) is 6.29. The van der Waals surface area contributed by atoms with Crippen LogP contribution in [0.3, 0.4) is 0 Å². The molecule has 1 fully saturated rings. The summed E-state index contributed by atoms with van der Waals surface area (Å²) in [5.41, 5.74) is 0.598. The van der Waals surface area contributed by atoms with Gasteiger partial charge in [0.1, 0.15) is 17.3 Å². The van der Waals surface area contributed by atoms with Crippen molar-refractivity contribution >= 4 is 17.3 Å². The zero-order chi connectivity index (χ0) is 21.0. The molecule has 5 nitrogen and oxygen atoms in total. The van der Waals surface area contributed by atoms with Gasteiger partial charge in [0.2, 0.25) is 0 Å². The minimum Gasteiger partial charge on any atom is -0.466 e. The van der Waals surface area contributed by atoms with E-state index >= 15 is 0 Å². The van der Waals surface area contributed by atoms with Gasteiger partial charge in [-0.3, -0.25) is 9.69 Å². The molecule has 7 heteroatoms. The lowest BCUT2D eigenvalue weighted by atomic mass is 9.75. The molecule has 1 saturated heterocycles. The third kappa shape index (κ3) is 4.63. The van der Waals surface area contributed by atoms with Crippen LogP contribution in [0, 0.1) is 11.2 Å². The molecule has 30 heavy (non-hydrogen) atoms. The molecule has 1 aliphatic heterocycles. The highest BCUT2D eigenvalue weighted by Gasteiger charge is 2.43. The molecule has 0 aliphatic carbocycles. The fourth-order valence-electron chi connectivity index (χ4n) is 4.01. The second kappa shape index (κ2) is 9.10. The van der Waals surface area contributed by atoms with Crippen LogP contribution in [0.4, 0.5) is 4.39 Å². The lowest BCUT2D eigenvalue weighted by Crippen LogP contribution is -2.46. The first-order valence-corrected chi connectivity index (χ1v) is 11.1. The highest BCUT2D eigenvalue weighted by atomic mass is 32.1. The van der Waals surface area contributed by atoms with Crippen molar-refractivity contribution in [1.82, 2.24) is 10.1 Å². The summed E-state index contributed by atoms with van der Waals surface area (Å²) in [5, 5.41) is 6.18. The normalized spacial score (nSPS) is 16.5. The second-order valence-corrected chi connectivity index (χ2v) is 8.75. The van der Waals surface area contributed by atoms with Gasteiger partial charge in [-0.05, 0) is 56.4 Å². The molecule has 2 aromatic heterocycles. The van der Waals surface area contributed by atoms with Gasteiger partial charge in [-0.2, -0.15) is 0 Å². The maximum absolute atomic E-state index is 13.5. The van der Waals surface area contributed by atoms with Gasteiger partial charge in [0.05, 0.1) is 12.0 Å². The Morgan fingerprint density at radius 2 is 2.10 bits per heavy atom. The van der Waals surface area contributed by atoms with Crippen LogP contribution in [0.5, 0.6) is 0 Å². The van der Waals surface area contributed by atoms with Crippen LogP contribution in [0.2, 0.25) is 0 Å². The zero-order valence-corrected chi connectivity index (χ0v) is 17.8. The van der Waals surface area contributed by atoms with Crippen LogP contribution in [-0.2, 0) is 22.5 Å². The van der Waals surface area contributed by atoms with E-state index in [4.69, 9.17) is 9.26 Å². The molecule has 1 aromatic carbocycles. The number of likely N-dealkylation sites (tertiary alicyclic amines) is 1. The number of benzene rings is 1. The number of carbonyl (C=O) groups is 1. The number of halogens is 1.